The third kappa shape index (κ3) is 3.70. The Hall–Kier alpha value is -3.31. The van der Waals surface area contributed by atoms with Gasteiger partial charge in [0.2, 0.25) is 5.91 Å². The second kappa shape index (κ2) is 7.74. The van der Waals surface area contributed by atoms with Gasteiger partial charge >= 0.3 is 0 Å². The van der Waals surface area contributed by atoms with Gasteiger partial charge in [0.25, 0.3) is 0 Å². The highest BCUT2D eigenvalue weighted by atomic mass is 16.3. The molecule has 0 fully saturated rings. The number of fused-ring (bicyclic) bond motifs is 1. The summed E-state index contributed by atoms with van der Waals surface area (Å²) >= 11 is 0. The topological polar surface area (TPSA) is 64.0 Å². The van der Waals surface area contributed by atoms with Gasteiger partial charge in [0.05, 0.1) is 6.54 Å². The van der Waals surface area contributed by atoms with Crippen LogP contribution in [-0.2, 0) is 17.8 Å². The standard InChI is InChI=1S/C23H22N2O3/c26-20-11-9-19(10-12-20)25(18-6-2-1-3-7-18)23(28)16-24-14-13-17-5-4-8-22(27)21(17)15-24/h1-12,26-27H,13-16H2. The number of benzene rings is 3. The molecule has 5 heteroatoms. The molecule has 0 saturated carbocycles. The summed E-state index contributed by atoms with van der Waals surface area (Å²) in [6.07, 6.45) is 0.807. The van der Waals surface area contributed by atoms with Crippen LogP contribution in [0.25, 0.3) is 0 Å². The first-order valence-electron chi connectivity index (χ1n) is 9.31. The highest BCUT2D eigenvalue weighted by Gasteiger charge is 2.24. The Morgan fingerprint density at radius 1 is 0.893 bits per heavy atom. The molecule has 0 saturated heterocycles. The van der Waals surface area contributed by atoms with E-state index >= 15 is 0 Å². The smallest absolute Gasteiger partial charge is 0.245 e. The summed E-state index contributed by atoms with van der Waals surface area (Å²) in [7, 11) is 0. The largest absolute Gasteiger partial charge is 0.508 e. The number of aromatic hydroxyl groups is 2. The Morgan fingerprint density at radius 2 is 1.61 bits per heavy atom. The molecule has 1 amide bonds. The van der Waals surface area contributed by atoms with Gasteiger partial charge in [0.15, 0.2) is 0 Å². The van der Waals surface area contributed by atoms with Crippen molar-refractivity contribution in [3.63, 3.8) is 0 Å². The van der Waals surface area contributed by atoms with Crippen molar-refractivity contribution in [1.82, 2.24) is 4.90 Å². The lowest BCUT2D eigenvalue weighted by Crippen LogP contribution is -2.40. The van der Waals surface area contributed by atoms with Crippen LogP contribution in [0.4, 0.5) is 11.4 Å². The van der Waals surface area contributed by atoms with Crippen LogP contribution in [0.1, 0.15) is 11.1 Å². The van der Waals surface area contributed by atoms with Gasteiger partial charge < -0.3 is 10.2 Å². The maximum Gasteiger partial charge on any atom is 0.245 e. The molecule has 0 atom stereocenters. The van der Waals surface area contributed by atoms with Gasteiger partial charge in [-0.05, 0) is 54.4 Å². The Morgan fingerprint density at radius 3 is 2.36 bits per heavy atom. The third-order valence-corrected chi connectivity index (χ3v) is 5.06. The van der Waals surface area contributed by atoms with Crippen LogP contribution in [0.15, 0.2) is 72.8 Å². The van der Waals surface area contributed by atoms with Crippen molar-refractivity contribution in [1.29, 1.82) is 0 Å². The molecule has 28 heavy (non-hydrogen) atoms. The fraction of sp³-hybridized carbons (Fsp3) is 0.174. The minimum Gasteiger partial charge on any atom is -0.508 e. The molecule has 0 aromatic heterocycles. The van der Waals surface area contributed by atoms with Gasteiger partial charge in [-0.15, -0.1) is 0 Å². The van der Waals surface area contributed by atoms with Gasteiger partial charge in [-0.25, -0.2) is 0 Å². The zero-order chi connectivity index (χ0) is 19.5. The number of hydrogen-bond acceptors (Lipinski definition) is 4. The number of carbonyl (C=O) groups is 1. The third-order valence-electron chi connectivity index (χ3n) is 5.06. The van der Waals surface area contributed by atoms with Crippen LogP contribution in [0.2, 0.25) is 0 Å². The Balaban J connectivity index is 1.58. The van der Waals surface area contributed by atoms with Crippen molar-refractivity contribution in [2.75, 3.05) is 18.0 Å². The summed E-state index contributed by atoms with van der Waals surface area (Å²) < 4.78 is 0. The molecule has 1 aliphatic rings. The lowest BCUT2D eigenvalue weighted by molar-refractivity contribution is -0.119. The van der Waals surface area contributed by atoms with Crippen molar-refractivity contribution < 1.29 is 15.0 Å². The van der Waals surface area contributed by atoms with Crippen LogP contribution >= 0.6 is 0 Å². The number of nitrogens with zero attached hydrogens (tertiary/aromatic N) is 2. The highest BCUT2D eigenvalue weighted by Crippen LogP contribution is 2.29. The number of phenolic OH excluding ortho intramolecular Hbond substituents is 2. The average molecular weight is 374 g/mol. The average Bonchev–Trinajstić information content (AvgIpc) is 2.71. The molecular formula is C23H22N2O3. The van der Waals surface area contributed by atoms with E-state index in [4.69, 9.17) is 0 Å². The number of anilines is 2. The molecule has 3 aromatic rings. The van der Waals surface area contributed by atoms with E-state index in [0.717, 1.165) is 29.8 Å². The summed E-state index contributed by atoms with van der Waals surface area (Å²) in [5.41, 5.74) is 3.52. The molecule has 4 rings (SSSR count). The Kier molecular flexibility index (Phi) is 5.00. The summed E-state index contributed by atoms with van der Waals surface area (Å²) in [5, 5.41) is 19.7. The van der Waals surface area contributed by atoms with E-state index in [2.05, 4.69) is 4.90 Å². The van der Waals surface area contributed by atoms with Crippen LogP contribution in [0.5, 0.6) is 11.5 Å². The van der Waals surface area contributed by atoms with E-state index in [1.54, 1.807) is 35.2 Å². The van der Waals surface area contributed by atoms with Crippen LogP contribution in [-0.4, -0.2) is 34.1 Å². The Labute approximate surface area is 164 Å². The molecule has 3 aromatic carbocycles. The normalized spacial score (nSPS) is 13.7. The van der Waals surface area contributed by atoms with Crippen molar-refractivity contribution >= 4 is 17.3 Å². The van der Waals surface area contributed by atoms with E-state index < -0.39 is 0 Å². The van der Waals surface area contributed by atoms with Gasteiger partial charge in [-0.2, -0.15) is 0 Å². The number of para-hydroxylation sites is 1. The molecule has 0 bridgehead atoms. The number of amides is 1. The Bertz CT molecular complexity index is 971. The van der Waals surface area contributed by atoms with Crippen molar-refractivity contribution in [2.24, 2.45) is 0 Å². The fourth-order valence-corrected chi connectivity index (χ4v) is 3.63. The van der Waals surface area contributed by atoms with Gasteiger partial charge in [-0.1, -0.05) is 30.3 Å². The maximum atomic E-state index is 13.3. The van der Waals surface area contributed by atoms with E-state index in [9.17, 15) is 15.0 Å². The van der Waals surface area contributed by atoms with E-state index in [1.165, 1.54) is 0 Å². The lowest BCUT2D eigenvalue weighted by atomic mass is 9.99. The zero-order valence-corrected chi connectivity index (χ0v) is 15.5. The number of carbonyl (C=O) groups excluding carboxylic acids is 1. The molecule has 142 valence electrons. The van der Waals surface area contributed by atoms with Gasteiger partial charge in [-0.3, -0.25) is 14.6 Å². The monoisotopic (exact) mass is 374 g/mol. The zero-order valence-electron chi connectivity index (χ0n) is 15.5. The molecule has 0 radical (unpaired) electrons. The summed E-state index contributed by atoms with van der Waals surface area (Å²) in [6.45, 7) is 1.55. The second-order valence-corrected chi connectivity index (χ2v) is 6.96. The summed E-state index contributed by atoms with van der Waals surface area (Å²) in [5.74, 6) is 0.385. The first kappa shape index (κ1) is 18.1. The maximum absolute atomic E-state index is 13.3. The van der Waals surface area contributed by atoms with Crippen LogP contribution in [0, 0.1) is 0 Å². The minimum atomic E-state index is -0.0595. The molecule has 2 N–H and O–H groups in total. The fourth-order valence-electron chi connectivity index (χ4n) is 3.63. The van der Waals surface area contributed by atoms with Gasteiger partial charge in [0.1, 0.15) is 11.5 Å². The second-order valence-electron chi connectivity index (χ2n) is 6.96. The minimum absolute atomic E-state index is 0.0595. The van der Waals surface area contributed by atoms with E-state index in [-0.39, 0.29) is 24.0 Å². The summed E-state index contributed by atoms with van der Waals surface area (Å²) in [4.78, 5) is 17.0. The quantitative estimate of drug-likeness (QED) is 0.729. The molecule has 0 aliphatic carbocycles. The van der Waals surface area contributed by atoms with E-state index in [0.29, 0.717) is 12.2 Å². The first-order chi connectivity index (χ1) is 13.6. The highest BCUT2D eigenvalue weighted by molar-refractivity contribution is 6.01. The number of phenols is 2. The van der Waals surface area contributed by atoms with E-state index in [1.807, 2.05) is 42.5 Å². The molecule has 5 nitrogen and oxygen atoms in total. The first-order valence-corrected chi connectivity index (χ1v) is 9.31. The van der Waals surface area contributed by atoms with Crippen molar-refractivity contribution in [3.8, 4) is 11.5 Å². The summed E-state index contributed by atoms with van der Waals surface area (Å²) in [6, 6.07) is 21.7. The number of hydrogen-bond donors (Lipinski definition) is 2. The van der Waals surface area contributed by atoms with Gasteiger partial charge in [0, 0.05) is 30.0 Å². The molecule has 0 spiro atoms. The predicted molar refractivity (Wildman–Crippen MR) is 109 cm³/mol. The van der Waals surface area contributed by atoms with Crippen molar-refractivity contribution in [2.45, 2.75) is 13.0 Å². The molecule has 1 heterocycles. The number of rotatable bonds is 4. The van der Waals surface area contributed by atoms with Crippen molar-refractivity contribution in [3.05, 3.63) is 83.9 Å². The predicted octanol–water partition coefficient (Wildman–Crippen LogP) is 3.82. The molecular weight excluding hydrogens is 352 g/mol. The molecule has 1 aliphatic heterocycles. The SMILES string of the molecule is O=C(CN1CCc2cccc(O)c2C1)N(c1ccccc1)c1ccc(O)cc1. The lowest BCUT2D eigenvalue weighted by Gasteiger charge is -2.31. The van der Waals surface area contributed by atoms with Crippen LogP contribution in [0.3, 0.4) is 0 Å². The van der Waals surface area contributed by atoms with Crippen LogP contribution < -0.4 is 4.90 Å². The molecule has 0 unspecified atom stereocenters.